The van der Waals surface area contributed by atoms with E-state index in [1.54, 1.807) is 0 Å². The predicted octanol–water partition coefficient (Wildman–Crippen LogP) is 4.15. The number of carbonyl (C=O) groups is 1. The SMILES string of the molecule is C[C@@H]1CC[C@]2(C(=O)O)CC[C@]3(C)C(=CC[C@@H]4[C@@]5(C)C[C@@H](O)[C@H](O)C(C)(C)[C@@H]5[C@H](O)C[C@]43C)[C@@H]2[C@]1(C)O. The Morgan fingerprint density at radius 1 is 0.944 bits per heavy atom. The second-order valence-corrected chi connectivity index (χ2v) is 15.0. The fraction of sp³-hybridized carbons (Fsp3) is 0.900. The zero-order valence-corrected chi connectivity index (χ0v) is 23.2. The molecule has 0 aromatic rings. The van der Waals surface area contributed by atoms with Crippen LogP contribution in [0, 0.1) is 50.7 Å². The van der Waals surface area contributed by atoms with E-state index in [-0.39, 0.29) is 34.0 Å². The third-order valence-corrected chi connectivity index (χ3v) is 13.3. The first-order valence-corrected chi connectivity index (χ1v) is 14.1. The van der Waals surface area contributed by atoms with Crippen LogP contribution in [0.2, 0.25) is 0 Å². The molecule has 4 saturated carbocycles. The molecule has 5 N–H and O–H groups in total. The van der Waals surface area contributed by atoms with Gasteiger partial charge in [-0.25, -0.2) is 0 Å². The molecule has 0 aromatic heterocycles. The number of rotatable bonds is 1. The lowest BCUT2D eigenvalue weighted by Crippen LogP contribution is -2.71. The molecule has 204 valence electrons. The molecule has 6 heteroatoms. The number of aliphatic hydroxyl groups excluding tert-OH is 3. The number of fused-ring (bicyclic) bond motifs is 7. The average Bonchev–Trinajstić information content (AvgIpc) is 2.74. The lowest BCUT2D eigenvalue weighted by atomic mass is 9.32. The van der Waals surface area contributed by atoms with Gasteiger partial charge in [0.2, 0.25) is 0 Å². The molecule has 6 nitrogen and oxygen atoms in total. The number of aliphatic hydroxyl groups is 4. The highest BCUT2D eigenvalue weighted by Gasteiger charge is 2.73. The minimum atomic E-state index is -1.12. The fourth-order valence-corrected chi connectivity index (χ4v) is 11.2. The van der Waals surface area contributed by atoms with Crippen molar-refractivity contribution < 1.29 is 30.3 Å². The number of hydrogen-bond donors (Lipinski definition) is 5. The first-order valence-electron chi connectivity index (χ1n) is 14.1. The van der Waals surface area contributed by atoms with Crippen LogP contribution in [0.3, 0.4) is 0 Å². The largest absolute Gasteiger partial charge is 0.481 e. The molecule has 36 heavy (non-hydrogen) atoms. The van der Waals surface area contributed by atoms with E-state index in [0.29, 0.717) is 38.5 Å². The van der Waals surface area contributed by atoms with E-state index >= 15 is 0 Å². The van der Waals surface area contributed by atoms with Gasteiger partial charge in [0.15, 0.2) is 0 Å². The van der Waals surface area contributed by atoms with Crippen molar-refractivity contribution >= 4 is 5.97 Å². The van der Waals surface area contributed by atoms with E-state index in [1.807, 2.05) is 27.7 Å². The van der Waals surface area contributed by atoms with E-state index < -0.39 is 46.6 Å². The van der Waals surface area contributed by atoms with Crippen molar-refractivity contribution in [3.63, 3.8) is 0 Å². The topological polar surface area (TPSA) is 118 Å². The van der Waals surface area contributed by atoms with E-state index in [2.05, 4.69) is 26.8 Å². The Morgan fingerprint density at radius 2 is 1.58 bits per heavy atom. The summed E-state index contributed by atoms with van der Waals surface area (Å²) in [7, 11) is 0. The van der Waals surface area contributed by atoms with E-state index in [0.717, 1.165) is 12.0 Å². The molecule has 5 aliphatic rings. The van der Waals surface area contributed by atoms with Crippen molar-refractivity contribution in [3.8, 4) is 0 Å². The molecule has 12 atom stereocenters. The van der Waals surface area contributed by atoms with Crippen LogP contribution in [0.5, 0.6) is 0 Å². The van der Waals surface area contributed by atoms with Gasteiger partial charge in [0.1, 0.15) is 0 Å². The van der Waals surface area contributed by atoms with Gasteiger partial charge in [-0.2, -0.15) is 0 Å². The molecule has 0 heterocycles. The van der Waals surface area contributed by atoms with Crippen molar-refractivity contribution in [1.29, 1.82) is 0 Å². The average molecular weight is 505 g/mol. The number of carboxylic acid groups (broad SMARTS) is 1. The second kappa shape index (κ2) is 7.58. The quantitative estimate of drug-likeness (QED) is 0.343. The van der Waals surface area contributed by atoms with Crippen molar-refractivity contribution in [2.75, 3.05) is 0 Å². The smallest absolute Gasteiger partial charge is 0.310 e. The lowest BCUT2D eigenvalue weighted by Gasteiger charge is -2.72. The summed E-state index contributed by atoms with van der Waals surface area (Å²) in [6.07, 6.45) is 4.15. The maximum Gasteiger partial charge on any atom is 0.310 e. The highest BCUT2D eigenvalue weighted by molar-refractivity contribution is 5.77. The van der Waals surface area contributed by atoms with Gasteiger partial charge in [0, 0.05) is 5.92 Å². The zero-order valence-electron chi connectivity index (χ0n) is 23.2. The van der Waals surface area contributed by atoms with Crippen LogP contribution in [-0.4, -0.2) is 55.4 Å². The second-order valence-electron chi connectivity index (χ2n) is 15.0. The summed E-state index contributed by atoms with van der Waals surface area (Å²) in [5, 5.41) is 56.1. The molecule has 4 fully saturated rings. The highest BCUT2D eigenvalue weighted by atomic mass is 16.4. The zero-order chi connectivity index (χ0) is 26.9. The highest BCUT2D eigenvalue weighted by Crippen LogP contribution is 2.76. The van der Waals surface area contributed by atoms with Crippen molar-refractivity contribution in [3.05, 3.63) is 11.6 Å². The molecule has 5 rings (SSSR count). The van der Waals surface area contributed by atoms with Gasteiger partial charge in [0.25, 0.3) is 0 Å². The van der Waals surface area contributed by atoms with Gasteiger partial charge in [0.05, 0.1) is 29.3 Å². The standard InChI is InChI=1S/C30H48O6/c1-16-10-11-30(24(34)35)13-12-27(5)17(21(30)29(16,7)36)8-9-20-26(4)14-19(32)23(33)25(2,3)22(26)18(31)15-28(20,27)6/h8,16,18-23,31-33,36H,9-15H2,1-7H3,(H,34,35)/t16-,18-,19-,20-,21-,22+,23+,26-,27-,28-,29-,30+/m1/s1. The summed E-state index contributed by atoms with van der Waals surface area (Å²) >= 11 is 0. The fourth-order valence-electron chi connectivity index (χ4n) is 11.2. The van der Waals surface area contributed by atoms with Gasteiger partial charge in [-0.3, -0.25) is 4.79 Å². The number of hydrogen-bond acceptors (Lipinski definition) is 5. The van der Waals surface area contributed by atoms with Gasteiger partial charge in [-0.1, -0.05) is 53.2 Å². The van der Waals surface area contributed by atoms with Crippen LogP contribution >= 0.6 is 0 Å². The Bertz CT molecular complexity index is 986. The Morgan fingerprint density at radius 3 is 2.19 bits per heavy atom. The number of carboxylic acids is 1. The minimum Gasteiger partial charge on any atom is -0.481 e. The number of allylic oxidation sites excluding steroid dienone is 1. The van der Waals surface area contributed by atoms with Gasteiger partial charge in [-0.05, 0) is 91.3 Å². The van der Waals surface area contributed by atoms with E-state index in [9.17, 15) is 30.3 Å². The predicted molar refractivity (Wildman–Crippen MR) is 137 cm³/mol. The van der Waals surface area contributed by atoms with Crippen LogP contribution < -0.4 is 0 Å². The molecule has 0 unspecified atom stereocenters. The van der Waals surface area contributed by atoms with Gasteiger partial charge >= 0.3 is 5.97 Å². The summed E-state index contributed by atoms with van der Waals surface area (Å²) in [6.45, 7) is 14.6. The van der Waals surface area contributed by atoms with Crippen LogP contribution in [0.4, 0.5) is 0 Å². The van der Waals surface area contributed by atoms with E-state index in [4.69, 9.17) is 0 Å². The third-order valence-electron chi connectivity index (χ3n) is 13.3. The normalized spacial score (nSPS) is 58.0. The summed E-state index contributed by atoms with van der Waals surface area (Å²) in [5.74, 6) is -1.24. The van der Waals surface area contributed by atoms with Crippen LogP contribution in [0.25, 0.3) is 0 Å². The summed E-state index contributed by atoms with van der Waals surface area (Å²) in [5.41, 5.74) is -2.73. The molecule has 0 spiro atoms. The monoisotopic (exact) mass is 504 g/mol. The maximum atomic E-state index is 12.8. The first kappa shape index (κ1) is 26.6. The molecular weight excluding hydrogens is 456 g/mol. The summed E-state index contributed by atoms with van der Waals surface area (Å²) < 4.78 is 0. The Labute approximate surface area is 216 Å². The Hall–Kier alpha value is -0.950. The van der Waals surface area contributed by atoms with Crippen molar-refractivity contribution in [1.82, 2.24) is 0 Å². The Balaban J connectivity index is 1.68. The molecule has 0 bridgehead atoms. The molecule has 0 saturated heterocycles. The Kier molecular flexibility index (Phi) is 5.61. The van der Waals surface area contributed by atoms with Crippen LogP contribution in [-0.2, 0) is 4.79 Å². The molecule has 0 radical (unpaired) electrons. The van der Waals surface area contributed by atoms with Crippen LogP contribution in [0.1, 0.15) is 93.4 Å². The van der Waals surface area contributed by atoms with E-state index in [1.165, 1.54) is 0 Å². The maximum absolute atomic E-state index is 12.8. The van der Waals surface area contributed by atoms with Crippen molar-refractivity contribution in [2.45, 2.75) is 117 Å². The van der Waals surface area contributed by atoms with Gasteiger partial charge < -0.3 is 25.5 Å². The summed E-state index contributed by atoms with van der Waals surface area (Å²) in [6, 6.07) is 0. The molecule has 5 aliphatic carbocycles. The lowest BCUT2D eigenvalue weighted by molar-refractivity contribution is -0.266. The number of aliphatic carboxylic acids is 1. The van der Waals surface area contributed by atoms with Crippen LogP contribution in [0.15, 0.2) is 11.6 Å². The minimum absolute atomic E-state index is 0.00150. The van der Waals surface area contributed by atoms with Gasteiger partial charge in [-0.15, -0.1) is 0 Å². The van der Waals surface area contributed by atoms with Crippen molar-refractivity contribution in [2.24, 2.45) is 50.7 Å². The summed E-state index contributed by atoms with van der Waals surface area (Å²) in [4.78, 5) is 12.8. The molecule has 0 aromatic carbocycles. The first-order chi connectivity index (χ1) is 16.4. The molecular formula is C30H48O6. The molecule has 0 amide bonds. The molecule has 0 aliphatic heterocycles. The third kappa shape index (κ3) is 2.91.